The predicted molar refractivity (Wildman–Crippen MR) is 82.8 cm³/mol. The number of methoxy groups -OCH3 is 1. The molecule has 4 heteroatoms. The van der Waals surface area contributed by atoms with E-state index >= 15 is 0 Å². The van der Waals surface area contributed by atoms with Crippen LogP contribution in [0, 0.1) is 0 Å². The molecule has 0 fully saturated rings. The van der Waals surface area contributed by atoms with Gasteiger partial charge in [0, 0.05) is 18.2 Å². The highest BCUT2D eigenvalue weighted by molar-refractivity contribution is 5.38. The molecule has 2 rings (SSSR count). The summed E-state index contributed by atoms with van der Waals surface area (Å²) in [6.07, 6.45) is 0. The summed E-state index contributed by atoms with van der Waals surface area (Å²) in [4.78, 5) is 0. The molecule has 0 unspecified atom stereocenters. The second-order valence-electron chi connectivity index (χ2n) is 4.55. The Morgan fingerprint density at radius 1 is 1.00 bits per heavy atom. The third-order valence-electron chi connectivity index (χ3n) is 3.09. The molecule has 0 aliphatic heterocycles. The maximum atomic E-state index is 5.82. The van der Waals surface area contributed by atoms with E-state index in [9.17, 15) is 0 Å². The first-order valence-electron chi connectivity index (χ1n) is 6.98. The van der Waals surface area contributed by atoms with E-state index in [-0.39, 0.29) is 0 Å². The van der Waals surface area contributed by atoms with E-state index in [0.29, 0.717) is 19.8 Å². The molecule has 0 saturated heterocycles. The highest BCUT2D eigenvalue weighted by Gasteiger charge is 2.06. The van der Waals surface area contributed by atoms with Crippen LogP contribution in [-0.2, 0) is 13.2 Å². The van der Waals surface area contributed by atoms with E-state index in [2.05, 4.69) is 0 Å². The van der Waals surface area contributed by atoms with E-state index in [1.165, 1.54) is 0 Å². The lowest BCUT2D eigenvalue weighted by Gasteiger charge is -2.12. The molecular weight excluding hydrogens is 266 g/mol. The van der Waals surface area contributed by atoms with E-state index in [0.717, 1.165) is 28.4 Å². The fraction of sp³-hybridized carbons (Fsp3) is 0.294. The molecule has 2 N–H and O–H groups in total. The molecule has 0 spiro atoms. The average Bonchev–Trinajstić information content (AvgIpc) is 2.53. The lowest BCUT2D eigenvalue weighted by atomic mass is 10.1. The lowest BCUT2D eigenvalue weighted by Crippen LogP contribution is -2.02. The van der Waals surface area contributed by atoms with Crippen molar-refractivity contribution in [2.24, 2.45) is 5.73 Å². The first-order valence-corrected chi connectivity index (χ1v) is 6.98. The van der Waals surface area contributed by atoms with Crippen molar-refractivity contribution in [3.05, 3.63) is 53.6 Å². The predicted octanol–water partition coefficient (Wildman–Crippen LogP) is 3.13. The number of benzene rings is 2. The molecule has 0 atom stereocenters. The van der Waals surface area contributed by atoms with Crippen molar-refractivity contribution >= 4 is 0 Å². The van der Waals surface area contributed by atoms with Gasteiger partial charge in [-0.05, 0) is 36.8 Å². The van der Waals surface area contributed by atoms with E-state index < -0.39 is 0 Å². The molecule has 0 heterocycles. The topological polar surface area (TPSA) is 53.7 Å². The van der Waals surface area contributed by atoms with Crippen LogP contribution < -0.4 is 19.9 Å². The number of hydrogen-bond donors (Lipinski definition) is 1. The zero-order valence-electron chi connectivity index (χ0n) is 12.5. The van der Waals surface area contributed by atoms with Crippen LogP contribution in [0.5, 0.6) is 17.2 Å². The molecule has 0 amide bonds. The van der Waals surface area contributed by atoms with Crippen LogP contribution in [0.1, 0.15) is 18.1 Å². The summed E-state index contributed by atoms with van der Waals surface area (Å²) in [6, 6.07) is 13.5. The van der Waals surface area contributed by atoms with Crippen molar-refractivity contribution in [3.8, 4) is 17.2 Å². The maximum absolute atomic E-state index is 5.82. The monoisotopic (exact) mass is 287 g/mol. The van der Waals surface area contributed by atoms with Gasteiger partial charge in [-0.3, -0.25) is 0 Å². The molecule has 0 aromatic heterocycles. The largest absolute Gasteiger partial charge is 0.496 e. The highest BCUT2D eigenvalue weighted by Crippen LogP contribution is 2.24. The van der Waals surface area contributed by atoms with Crippen molar-refractivity contribution in [3.63, 3.8) is 0 Å². The van der Waals surface area contributed by atoms with Crippen LogP contribution in [0.25, 0.3) is 0 Å². The first kappa shape index (κ1) is 15.2. The Bertz CT molecular complexity index is 584. The Kier molecular flexibility index (Phi) is 5.46. The number of ether oxygens (including phenoxy) is 3. The minimum Gasteiger partial charge on any atom is -0.496 e. The van der Waals surface area contributed by atoms with Gasteiger partial charge in [0.15, 0.2) is 0 Å². The Balaban J connectivity index is 2.10. The maximum Gasteiger partial charge on any atom is 0.125 e. The fourth-order valence-electron chi connectivity index (χ4n) is 2.05. The SMILES string of the molecule is CCOc1cccc(OCc2cc(CN)ccc2OC)c1. The molecule has 21 heavy (non-hydrogen) atoms. The van der Waals surface area contributed by atoms with Gasteiger partial charge in [0.1, 0.15) is 23.9 Å². The van der Waals surface area contributed by atoms with Crippen molar-refractivity contribution in [2.75, 3.05) is 13.7 Å². The Morgan fingerprint density at radius 3 is 2.43 bits per heavy atom. The van der Waals surface area contributed by atoms with Crippen molar-refractivity contribution in [2.45, 2.75) is 20.1 Å². The van der Waals surface area contributed by atoms with Gasteiger partial charge in [-0.15, -0.1) is 0 Å². The van der Waals surface area contributed by atoms with Crippen LogP contribution in [0.2, 0.25) is 0 Å². The standard InChI is InChI=1S/C17H21NO3/c1-3-20-15-5-4-6-16(10-15)21-12-14-9-13(11-18)7-8-17(14)19-2/h4-10H,3,11-12,18H2,1-2H3. The van der Waals surface area contributed by atoms with Gasteiger partial charge in [-0.25, -0.2) is 0 Å². The number of rotatable bonds is 7. The third kappa shape index (κ3) is 4.13. The number of nitrogens with two attached hydrogens (primary N) is 1. The number of hydrogen-bond acceptors (Lipinski definition) is 4. The molecule has 0 aliphatic rings. The minimum atomic E-state index is 0.423. The highest BCUT2D eigenvalue weighted by atomic mass is 16.5. The Morgan fingerprint density at radius 2 is 1.76 bits per heavy atom. The molecule has 0 radical (unpaired) electrons. The van der Waals surface area contributed by atoms with Crippen LogP contribution in [0.3, 0.4) is 0 Å². The van der Waals surface area contributed by atoms with Gasteiger partial charge in [0.2, 0.25) is 0 Å². The van der Waals surface area contributed by atoms with E-state index in [4.69, 9.17) is 19.9 Å². The fourth-order valence-corrected chi connectivity index (χ4v) is 2.05. The molecule has 2 aromatic rings. The lowest BCUT2D eigenvalue weighted by molar-refractivity contribution is 0.291. The summed E-state index contributed by atoms with van der Waals surface area (Å²) in [5.41, 5.74) is 7.70. The molecule has 4 nitrogen and oxygen atoms in total. The van der Waals surface area contributed by atoms with Gasteiger partial charge >= 0.3 is 0 Å². The van der Waals surface area contributed by atoms with Gasteiger partial charge in [0.25, 0.3) is 0 Å². The average molecular weight is 287 g/mol. The van der Waals surface area contributed by atoms with Gasteiger partial charge in [0.05, 0.1) is 13.7 Å². The molecule has 112 valence electrons. The Labute approximate surface area is 125 Å². The van der Waals surface area contributed by atoms with Crippen LogP contribution in [-0.4, -0.2) is 13.7 Å². The van der Waals surface area contributed by atoms with Crippen LogP contribution in [0.4, 0.5) is 0 Å². The Hall–Kier alpha value is -2.20. The normalized spacial score (nSPS) is 10.2. The second-order valence-corrected chi connectivity index (χ2v) is 4.55. The van der Waals surface area contributed by atoms with Gasteiger partial charge < -0.3 is 19.9 Å². The van der Waals surface area contributed by atoms with E-state index in [1.54, 1.807) is 7.11 Å². The van der Waals surface area contributed by atoms with Crippen molar-refractivity contribution in [1.82, 2.24) is 0 Å². The third-order valence-corrected chi connectivity index (χ3v) is 3.09. The second kappa shape index (κ2) is 7.55. The summed E-state index contributed by atoms with van der Waals surface area (Å²) in [5.74, 6) is 2.37. The zero-order chi connectivity index (χ0) is 15.1. The van der Waals surface area contributed by atoms with Gasteiger partial charge in [-0.2, -0.15) is 0 Å². The quantitative estimate of drug-likeness (QED) is 0.850. The van der Waals surface area contributed by atoms with Crippen LogP contribution in [0.15, 0.2) is 42.5 Å². The van der Waals surface area contributed by atoms with Gasteiger partial charge in [-0.1, -0.05) is 12.1 Å². The molecular formula is C17H21NO3. The molecule has 0 bridgehead atoms. The summed E-state index contributed by atoms with van der Waals surface area (Å²) < 4.78 is 16.6. The van der Waals surface area contributed by atoms with Crippen molar-refractivity contribution in [1.29, 1.82) is 0 Å². The molecule has 0 saturated carbocycles. The molecule has 2 aromatic carbocycles. The summed E-state index contributed by atoms with van der Waals surface area (Å²) >= 11 is 0. The first-order chi connectivity index (χ1) is 10.3. The summed E-state index contributed by atoms with van der Waals surface area (Å²) in [5, 5.41) is 0. The zero-order valence-corrected chi connectivity index (χ0v) is 12.5. The summed E-state index contributed by atoms with van der Waals surface area (Å²) in [6.45, 7) is 3.51. The van der Waals surface area contributed by atoms with E-state index in [1.807, 2.05) is 49.4 Å². The minimum absolute atomic E-state index is 0.423. The summed E-state index contributed by atoms with van der Waals surface area (Å²) in [7, 11) is 1.65. The smallest absolute Gasteiger partial charge is 0.125 e. The molecule has 0 aliphatic carbocycles. The van der Waals surface area contributed by atoms with Crippen LogP contribution >= 0.6 is 0 Å². The van der Waals surface area contributed by atoms with Crippen molar-refractivity contribution < 1.29 is 14.2 Å².